The van der Waals surface area contributed by atoms with E-state index in [-0.39, 0.29) is 12.2 Å². The maximum atomic E-state index is 13.6. The normalized spacial score (nSPS) is 11.5. The van der Waals surface area contributed by atoms with Crippen molar-refractivity contribution in [3.63, 3.8) is 0 Å². The summed E-state index contributed by atoms with van der Waals surface area (Å²) in [5, 5.41) is 6.50. The average molecular weight is 412 g/mol. The molecule has 3 aromatic rings. The van der Waals surface area contributed by atoms with Crippen molar-refractivity contribution in [2.24, 2.45) is 0 Å². The monoisotopic (exact) mass is 411 g/mol. The molecule has 28 heavy (non-hydrogen) atoms. The summed E-state index contributed by atoms with van der Waals surface area (Å²) in [5.74, 6) is -1.34. The molecule has 0 fully saturated rings. The summed E-state index contributed by atoms with van der Waals surface area (Å²) in [6, 6.07) is 9.78. The molecule has 0 saturated heterocycles. The van der Waals surface area contributed by atoms with Crippen LogP contribution in [0.5, 0.6) is 0 Å². The molecule has 0 atom stereocenters. The number of aryl methyl sites for hydroxylation is 1. The second-order valence-electron chi connectivity index (χ2n) is 6.06. The van der Waals surface area contributed by atoms with Gasteiger partial charge >= 0.3 is 6.18 Å². The van der Waals surface area contributed by atoms with Gasteiger partial charge in [0.1, 0.15) is 5.82 Å². The summed E-state index contributed by atoms with van der Waals surface area (Å²) >= 11 is 5.77. The van der Waals surface area contributed by atoms with Crippen molar-refractivity contribution in [3.05, 3.63) is 81.9 Å². The number of halogens is 5. The zero-order valence-corrected chi connectivity index (χ0v) is 15.3. The van der Waals surface area contributed by atoms with Crippen molar-refractivity contribution in [2.45, 2.75) is 19.6 Å². The Kier molecular flexibility index (Phi) is 5.42. The van der Waals surface area contributed by atoms with Gasteiger partial charge in [-0.1, -0.05) is 23.7 Å². The predicted octanol–water partition coefficient (Wildman–Crippen LogP) is 4.92. The van der Waals surface area contributed by atoms with E-state index in [2.05, 4.69) is 10.4 Å². The van der Waals surface area contributed by atoms with Crippen LogP contribution >= 0.6 is 11.6 Å². The molecule has 1 N–H and O–H groups in total. The minimum absolute atomic E-state index is 0.0522. The molecule has 0 aliphatic heterocycles. The van der Waals surface area contributed by atoms with E-state index < -0.39 is 29.2 Å². The maximum Gasteiger partial charge on any atom is 0.434 e. The molecule has 0 aliphatic rings. The van der Waals surface area contributed by atoms with E-state index in [1.54, 1.807) is 6.92 Å². The highest BCUT2D eigenvalue weighted by Gasteiger charge is 2.40. The summed E-state index contributed by atoms with van der Waals surface area (Å²) in [7, 11) is 0. The number of rotatable bonds is 4. The molecular weight excluding hydrogens is 398 g/mol. The molecule has 0 radical (unpaired) electrons. The van der Waals surface area contributed by atoms with E-state index in [1.807, 2.05) is 0 Å². The molecule has 146 valence electrons. The number of carbonyl (C=O) groups is 1. The Morgan fingerprint density at radius 1 is 1.18 bits per heavy atom. The molecule has 1 aromatic heterocycles. The van der Waals surface area contributed by atoms with Gasteiger partial charge in [-0.15, -0.1) is 0 Å². The Labute approximate surface area is 162 Å². The first-order valence-electron chi connectivity index (χ1n) is 8.11. The van der Waals surface area contributed by atoms with Gasteiger partial charge in [0, 0.05) is 11.6 Å². The summed E-state index contributed by atoms with van der Waals surface area (Å²) < 4.78 is 54.8. The molecule has 3 rings (SSSR count). The molecule has 1 amide bonds. The molecule has 0 aliphatic carbocycles. The smallest absolute Gasteiger partial charge is 0.348 e. The number of amides is 1. The highest BCUT2D eigenvalue weighted by Crippen LogP contribution is 2.33. The first-order chi connectivity index (χ1) is 13.2. The van der Waals surface area contributed by atoms with Crippen LogP contribution < -0.4 is 5.32 Å². The van der Waals surface area contributed by atoms with Gasteiger partial charge in [0.05, 0.1) is 17.4 Å². The van der Waals surface area contributed by atoms with Crippen LogP contribution in [0.3, 0.4) is 0 Å². The summed E-state index contributed by atoms with van der Waals surface area (Å²) in [6.07, 6.45) is -3.95. The topological polar surface area (TPSA) is 46.9 Å². The zero-order valence-electron chi connectivity index (χ0n) is 14.5. The van der Waals surface area contributed by atoms with Gasteiger partial charge in [-0.2, -0.15) is 18.3 Å². The van der Waals surface area contributed by atoms with Crippen LogP contribution in [0.2, 0.25) is 5.02 Å². The molecule has 9 heteroatoms. The lowest BCUT2D eigenvalue weighted by Crippen LogP contribution is -2.26. The Morgan fingerprint density at radius 2 is 1.86 bits per heavy atom. The lowest BCUT2D eigenvalue weighted by Gasteiger charge is -2.13. The second-order valence-corrected chi connectivity index (χ2v) is 6.50. The van der Waals surface area contributed by atoms with Crippen LogP contribution in [0.1, 0.15) is 27.2 Å². The van der Waals surface area contributed by atoms with Gasteiger partial charge < -0.3 is 5.32 Å². The van der Waals surface area contributed by atoms with E-state index in [1.165, 1.54) is 42.5 Å². The van der Waals surface area contributed by atoms with Crippen molar-refractivity contribution in [2.75, 3.05) is 0 Å². The van der Waals surface area contributed by atoms with Crippen LogP contribution in [0.4, 0.5) is 17.6 Å². The van der Waals surface area contributed by atoms with Crippen molar-refractivity contribution in [3.8, 4) is 5.69 Å². The fourth-order valence-electron chi connectivity index (χ4n) is 2.66. The van der Waals surface area contributed by atoms with Crippen LogP contribution in [0.15, 0.2) is 48.7 Å². The zero-order chi connectivity index (χ0) is 20.5. The number of hydrogen-bond donors (Lipinski definition) is 1. The third-order valence-corrected chi connectivity index (χ3v) is 4.28. The Hall–Kier alpha value is -2.87. The largest absolute Gasteiger partial charge is 0.434 e. The SMILES string of the molecule is Cc1cc(CNC(=O)c2cnn(-c3ccc(Cl)cc3)c2C(F)(F)F)ccc1F. The summed E-state index contributed by atoms with van der Waals surface area (Å²) in [4.78, 5) is 12.4. The van der Waals surface area contributed by atoms with Gasteiger partial charge in [0.15, 0.2) is 5.69 Å². The number of alkyl halides is 3. The summed E-state index contributed by atoms with van der Waals surface area (Å²) in [5.41, 5.74) is -0.752. The van der Waals surface area contributed by atoms with Crippen LogP contribution in [0, 0.1) is 12.7 Å². The van der Waals surface area contributed by atoms with E-state index in [0.717, 1.165) is 6.20 Å². The third-order valence-electron chi connectivity index (χ3n) is 4.03. The Bertz CT molecular complexity index is 1010. The van der Waals surface area contributed by atoms with Crippen molar-refractivity contribution in [1.29, 1.82) is 0 Å². The van der Waals surface area contributed by atoms with E-state index >= 15 is 0 Å². The minimum atomic E-state index is -4.81. The molecule has 0 saturated carbocycles. The quantitative estimate of drug-likeness (QED) is 0.619. The Morgan fingerprint density at radius 3 is 2.46 bits per heavy atom. The highest BCUT2D eigenvalue weighted by molar-refractivity contribution is 6.30. The van der Waals surface area contributed by atoms with E-state index in [0.29, 0.717) is 20.8 Å². The van der Waals surface area contributed by atoms with E-state index in [9.17, 15) is 22.4 Å². The van der Waals surface area contributed by atoms with Gasteiger partial charge in [-0.3, -0.25) is 4.79 Å². The van der Waals surface area contributed by atoms with E-state index in [4.69, 9.17) is 11.6 Å². The van der Waals surface area contributed by atoms with Crippen LogP contribution in [-0.2, 0) is 12.7 Å². The molecule has 4 nitrogen and oxygen atoms in total. The lowest BCUT2D eigenvalue weighted by molar-refractivity contribution is -0.143. The Balaban J connectivity index is 1.89. The molecule has 0 bridgehead atoms. The van der Waals surface area contributed by atoms with Crippen LogP contribution in [0.25, 0.3) is 5.69 Å². The number of carbonyl (C=O) groups excluding carboxylic acids is 1. The minimum Gasteiger partial charge on any atom is -0.348 e. The maximum absolute atomic E-state index is 13.6. The van der Waals surface area contributed by atoms with Gasteiger partial charge in [-0.05, 0) is 48.4 Å². The van der Waals surface area contributed by atoms with Gasteiger partial charge in [0.25, 0.3) is 5.91 Å². The van der Waals surface area contributed by atoms with Crippen molar-refractivity contribution in [1.82, 2.24) is 15.1 Å². The first-order valence-corrected chi connectivity index (χ1v) is 8.49. The standard InChI is InChI=1S/C19H14ClF4N3O/c1-11-8-12(2-7-16(11)21)9-25-18(28)15-10-26-27(17(15)19(22,23)24)14-5-3-13(20)4-6-14/h2-8,10H,9H2,1H3,(H,25,28). The predicted molar refractivity (Wildman–Crippen MR) is 95.9 cm³/mol. The summed E-state index contributed by atoms with van der Waals surface area (Å²) in [6.45, 7) is 1.50. The third kappa shape index (κ3) is 4.17. The lowest BCUT2D eigenvalue weighted by atomic mass is 10.1. The van der Waals surface area contributed by atoms with Gasteiger partial charge in [0.2, 0.25) is 0 Å². The number of nitrogens with zero attached hydrogens (tertiary/aromatic N) is 2. The van der Waals surface area contributed by atoms with Crippen molar-refractivity contribution >= 4 is 17.5 Å². The first kappa shape index (κ1) is 19.9. The average Bonchev–Trinajstić information content (AvgIpc) is 3.09. The molecule has 0 unspecified atom stereocenters. The molecule has 0 spiro atoms. The number of hydrogen-bond acceptors (Lipinski definition) is 2. The van der Waals surface area contributed by atoms with Crippen LogP contribution in [-0.4, -0.2) is 15.7 Å². The molecule has 2 aromatic carbocycles. The fraction of sp³-hybridized carbons (Fsp3) is 0.158. The fourth-order valence-corrected chi connectivity index (χ4v) is 2.79. The number of benzene rings is 2. The number of nitrogens with one attached hydrogen (secondary N) is 1. The van der Waals surface area contributed by atoms with Gasteiger partial charge in [-0.25, -0.2) is 9.07 Å². The molecule has 1 heterocycles. The second kappa shape index (κ2) is 7.63. The van der Waals surface area contributed by atoms with Crippen molar-refractivity contribution < 1.29 is 22.4 Å². The number of aromatic nitrogens is 2. The highest BCUT2D eigenvalue weighted by atomic mass is 35.5. The molecular formula is C19H14ClF4N3O.